The second-order valence-corrected chi connectivity index (χ2v) is 8.06. The molecule has 0 aliphatic carbocycles. The van der Waals surface area contributed by atoms with E-state index in [1.807, 2.05) is 0 Å². The number of halogens is 1. The molecule has 1 heterocycles. The number of amides is 1. The molecule has 0 saturated heterocycles. The van der Waals surface area contributed by atoms with Crippen LogP contribution in [0.4, 0.5) is 4.39 Å². The molecule has 146 valence electrons. The molecule has 0 aliphatic rings. The number of carbonyl (C=O) groups is 2. The van der Waals surface area contributed by atoms with Crippen molar-refractivity contribution in [2.45, 2.75) is 12.5 Å². The van der Waals surface area contributed by atoms with Crippen molar-refractivity contribution in [1.82, 2.24) is 15.5 Å². The van der Waals surface area contributed by atoms with Crippen LogP contribution in [-0.4, -0.2) is 60.8 Å². The predicted molar refractivity (Wildman–Crippen MR) is 93.2 cm³/mol. The lowest BCUT2D eigenvalue weighted by Gasteiger charge is -2.15. The number of H-pyrrole nitrogens is 1. The maximum Gasteiger partial charge on any atom is 0.328 e. The number of methoxy groups -OCH3 is 1. The quantitative estimate of drug-likeness (QED) is 0.580. The van der Waals surface area contributed by atoms with Crippen molar-refractivity contribution in [2.24, 2.45) is 0 Å². The lowest BCUT2D eigenvalue weighted by molar-refractivity contribution is -0.142. The van der Waals surface area contributed by atoms with Gasteiger partial charge in [0.2, 0.25) is 0 Å². The van der Waals surface area contributed by atoms with E-state index < -0.39 is 33.6 Å². The van der Waals surface area contributed by atoms with E-state index in [1.165, 1.54) is 6.07 Å². The number of aromatic amines is 1. The minimum absolute atomic E-state index is 0.0677. The van der Waals surface area contributed by atoms with E-state index in [0.29, 0.717) is 0 Å². The number of rotatable bonds is 7. The third-order valence-electron chi connectivity index (χ3n) is 3.63. The summed E-state index contributed by atoms with van der Waals surface area (Å²) in [5, 5.41) is 18.4. The highest BCUT2D eigenvalue weighted by Crippen LogP contribution is 2.28. The number of phenols is 1. The van der Waals surface area contributed by atoms with Gasteiger partial charge in [-0.15, -0.1) is 0 Å². The number of hydrogen-bond acceptors (Lipinski definition) is 7. The Bertz CT molecular complexity index is 957. The van der Waals surface area contributed by atoms with Gasteiger partial charge >= 0.3 is 5.97 Å². The summed E-state index contributed by atoms with van der Waals surface area (Å²) in [6.45, 7) is 0. The first-order valence-electron chi connectivity index (χ1n) is 7.71. The number of aromatic hydroxyl groups is 1. The lowest BCUT2D eigenvalue weighted by Crippen LogP contribution is -2.42. The molecule has 1 amide bonds. The van der Waals surface area contributed by atoms with Gasteiger partial charge < -0.3 is 15.2 Å². The van der Waals surface area contributed by atoms with Crippen LogP contribution in [0.15, 0.2) is 24.3 Å². The van der Waals surface area contributed by atoms with Crippen molar-refractivity contribution < 1.29 is 32.2 Å². The summed E-state index contributed by atoms with van der Waals surface area (Å²) in [7, 11) is -2.23. The maximum atomic E-state index is 13.4. The largest absolute Gasteiger partial charge is 0.507 e. The van der Waals surface area contributed by atoms with Gasteiger partial charge in [-0.25, -0.2) is 17.6 Å². The molecule has 2 rings (SSSR count). The molecule has 0 radical (unpaired) electrons. The minimum atomic E-state index is -3.34. The third kappa shape index (κ3) is 5.51. The van der Waals surface area contributed by atoms with Gasteiger partial charge in [0.05, 0.1) is 18.6 Å². The molecule has 27 heavy (non-hydrogen) atoms. The molecule has 0 saturated carbocycles. The Morgan fingerprint density at radius 2 is 2.07 bits per heavy atom. The van der Waals surface area contributed by atoms with Crippen molar-refractivity contribution >= 4 is 21.7 Å². The van der Waals surface area contributed by atoms with E-state index in [2.05, 4.69) is 20.3 Å². The summed E-state index contributed by atoms with van der Waals surface area (Å²) >= 11 is 0. The van der Waals surface area contributed by atoms with E-state index in [1.54, 1.807) is 0 Å². The molecule has 11 heteroatoms. The average molecular weight is 399 g/mol. The number of nitrogens with zero attached hydrogens (tertiary/aromatic N) is 1. The lowest BCUT2D eigenvalue weighted by atomic mass is 10.1. The molecule has 0 fully saturated rings. The van der Waals surface area contributed by atoms with Crippen LogP contribution >= 0.6 is 0 Å². The summed E-state index contributed by atoms with van der Waals surface area (Å²) in [6, 6.07) is 3.36. The minimum Gasteiger partial charge on any atom is -0.507 e. The summed E-state index contributed by atoms with van der Waals surface area (Å²) in [5.74, 6) is -2.68. The highest BCUT2D eigenvalue weighted by molar-refractivity contribution is 7.90. The molecule has 1 atom stereocenters. The number of carbonyl (C=O) groups excluding carboxylic acids is 2. The number of nitrogens with one attached hydrogen (secondary N) is 2. The summed E-state index contributed by atoms with van der Waals surface area (Å²) < 4.78 is 40.5. The molecular formula is C16H18FN3O6S. The smallest absolute Gasteiger partial charge is 0.328 e. The average Bonchev–Trinajstić information content (AvgIpc) is 3.09. The number of esters is 1. The molecule has 0 aliphatic heterocycles. The molecule has 1 unspecified atom stereocenters. The standard InChI is InChI=1S/C16H18FN3O6S/c1-26-16(23)11(5-6-27(2,24)25)18-15(22)13-8-12(19-20-13)10-7-9(17)3-4-14(10)21/h3-4,7-8,11,21H,5-6H2,1-2H3,(H,18,22)(H,19,20). The molecule has 2 aromatic rings. The van der Waals surface area contributed by atoms with Crippen molar-refractivity contribution in [3.05, 3.63) is 35.8 Å². The molecule has 1 aromatic carbocycles. The Balaban J connectivity index is 2.17. The van der Waals surface area contributed by atoms with Crippen molar-refractivity contribution in [3.8, 4) is 17.0 Å². The Kier molecular flexibility index (Phi) is 6.16. The number of ether oxygens (including phenoxy) is 1. The van der Waals surface area contributed by atoms with E-state index in [4.69, 9.17) is 0 Å². The first kappa shape index (κ1) is 20.4. The SMILES string of the molecule is COC(=O)C(CCS(C)(=O)=O)NC(=O)c1cc(-c2cc(F)ccc2O)n[nH]1. The highest BCUT2D eigenvalue weighted by atomic mass is 32.2. The zero-order valence-corrected chi connectivity index (χ0v) is 15.3. The van der Waals surface area contributed by atoms with Crippen molar-refractivity contribution in [3.63, 3.8) is 0 Å². The van der Waals surface area contributed by atoms with Gasteiger partial charge in [0.1, 0.15) is 33.1 Å². The first-order chi connectivity index (χ1) is 12.6. The normalized spacial score (nSPS) is 12.4. The van der Waals surface area contributed by atoms with Crippen LogP contribution in [-0.2, 0) is 19.4 Å². The Morgan fingerprint density at radius 1 is 1.37 bits per heavy atom. The van der Waals surface area contributed by atoms with Crippen LogP contribution in [0.2, 0.25) is 0 Å². The van der Waals surface area contributed by atoms with Gasteiger partial charge in [0, 0.05) is 11.8 Å². The van der Waals surface area contributed by atoms with Crippen LogP contribution in [0.5, 0.6) is 5.75 Å². The summed E-state index contributed by atoms with van der Waals surface area (Å²) in [6.07, 6.45) is 0.846. The Hall–Kier alpha value is -2.95. The van der Waals surface area contributed by atoms with Gasteiger partial charge in [-0.05, 0) is 30.7 Å². The fourth-order valence-electron chi connectivity index (χ4n) is 2.25. The van der Waals surface area contributed by atoms with Crippen molar-refractivity contribution in [1.29, 1.82) is 0 Å². The van der Waals surface area contributed by atoms with Crippen LogP contribution in [0.1, 0.15) is 16.9 Å². The van der Waals surface area contributed by atoms with Crippen LogP contribution in [0.25, 0.3) is 11.3 Å². The fourth-order valence-corrected chi connectivity index (χ4v) is 2.91. The number of hydrogen-bond donors (Lipinski definition) is 3. The van der Waals surface area contributed by atoms with Gasteiger partial charge in [-0.2, -0.15) is 5.10 Å². The molecule has 9 nitrogen and oxygen atoms in total. The summed E-state index contributed by atoms with van der Waals surface area (Å²) in [5.41, 5.74) is 0.122. The Morgan fingerprint density at radius 3 is 2.70 bits per heavy atom. The zero-order chi connectivity index (χ0) is 20.2. The zero-order valence-electron chi connectivity index (χ0n) is 14.5. The number of benzene rings is 1. The molecule has 0 spiro atoms. The first-order valence-corrected chi connectivity index (χ1v) is 9.77. The van der Waals surface area contributed by atoms with E-state index in [0.717, 1.165) is 31.6 Å². The van der Waals surface area contributed by atoms with Crippen molar-refractivity contribution in [2.75, 3.05) is 19.1 Å². The van der Waals surface area contributed by atoms with E-state index in [-0.39, 0.29) is 34.9 Å². The van der Waals surface area contributed by atoms with E-state index >= 15 is 0 Å². The molecule has 3 N–H and O–H groups in total. The van der Waals surface area contributed by atoms with E-state index in [9.17, 15) is 27.5 Å². The third-order valence-corrected chi connectivity index (χ3v) is 4.60. The number of phenolic OH excluding ortho intramolecular Hbond substituents is 1. The van der Waals surface area contributed by atoms with Gasteiger partial charge in [0.25, 0.3) is 5.91 Å². The van der Waals surface area contributed by atoms with Crippen LogP contribution < -0.4 is 5.32 Å². The van der Waals surface area contributed by atoms with Crippen LogP contribution in [0.3, 0.4) is 0 Å². The monoisotopic (exact) mass is 399 g/mol. The topological polar surface area (TPSA) is 138 Å². The molecular weight excluding hydrogens is 381 g/mol. The maximum absolute atomic E-state index is 13.4. The summed E-state index contributed by atoms with van der Waals surface area (Å²) in [4.78, 5) is 24.1. The van der Waals surface area contributed by atoms with Crippen LogP contribution in [0, 0.1) is 5.82 Å². The molecule has 1 aromatic heterocycles. The Labute approximate surface area is 154 Å². The van der Waals surface area contributed by atoms with Gasteiger partial charge in [0.15, 0.2) is 0 Å². The van der Waals surface area contributed by atoms with Gasteiger partial charge in [-0.3, -0.25) is 9.89 Å². The fraction of sp³-hybridized carbons (Fsp3) is 0.312. The predicted octanol–water partition coefficient (Wildman–Crippen LogP) is 0.628. The second kappa shape index (κ2) is 8.16. The molecule has 0 bridgehead atoms. The highest BCUT2D eigenvalue weighted by Gasteiger charge is 2.24. The number of aromatic nitrogens is 2. The van der Waals surface area contributed by atoms with Gasteiger partial charge in [-0.1, -0.05) is 0 Å². The second-order valence-electron chi connectivity index (χ2n) is 5.80. The number of sulfone groups is 1.